The van der Waals surface area contributed by atoms with Crippen molar-refractivity contribution in [3.8, 4) is 0 Å². The van der Waals surface area contributed by atoms with Gasteiger partial charge in [0.05, 0.1) is 6.04 Å². The third-order valence-corrected chi connectivity index (χ3v) is 4.63. The molecule has 0 aromatic rings. The maximum absolute atomic E-state index is 12.8. The van der Waals surface area contributed by atoms with Crippen molar-refractivity contribution in [2.45, 2.75) is 77.5 Å². The average Bonchev–Trinajstić information content (AvgIpc) is 3.15. The number of rotatable bonds is 11. The summed E-state index contributed by atoms with van der Waals surface area (Å²) in [5, 5.41) is 22.3. The van der Waals surface area contributed by atoms with Gasteiger partial charge in [-0.2, -0.15) is 0 Å². The number of carboxylic acid groups (broad SMARTS) is 1. The van der Waals surface area contributed by atoms with E-state index in [1.54, 1.807) is 0 Å². The van der Waals surface area contributed by atoms with E-state index < -0.39 is 24.1 Å². The number of carbonyl (C=O) groups is 4. The van der Waals surface area contributed by atoms with Crippen LogP contribution in [0.1, 0.15) is 53.4 Å². The molecule has 6 N–H and O–H groups in total. The largest absolute Gasteiger partial charge is 0.465 e. The smallest absolute Gasteiger partial charge is 0.404 e. The molecule has 1 aliphatic heterocycles. The molecule has 10 heteroatoms. The molecule has 1 heterocycles. The van der Waals surface area contributed by atoms with Crippen molar-refractivity contribution in [2.24, 2.45) is 5.92 Å². The fraction of sp³-hybridized carbons (Fsp3) is 0.789. The lowest BCUT2D eigenvalue weighted by molar-refractivity contribution is -0.133. The van der Waals surface area contributed by atoms with Crippen LogP contribution in [-0.2, 0) is 14.4 Å². The number of hydrogen-bond acceptors (Lipinski definition) is 5. The van der Waals surface area contributed by atoms with Gasteiger partial charge in [0.1, 0.15) is 12.1 Å². The highest BCUT2D eigenvalue weighted by Gasteiger charge is 2.31. The van der Waals surface area contributed by atoms with E-state index in [1.165, 1.54) is 0 Å². The molecule has 166 valence electrons. The molecule has 3 atom stereocenters. The van der Waals surface area contributed by atoms with E-state index in [4.69, 9.17) is 5.11 Å². The summed E-state index contributed by atoms with van der Waals surface area (Å²) in [4.78, 5) is 48.3. The van der Waals surface area contributed by atoms with E-state index in [1.807, 2.05) is 27.7 Å². The zero-order valence-corrected chi connectivity index (χ0v) is 17.7. The van der Waals surface area contributed by atoms with Crippen LogP contribution >= 0.6 is 0 Å². The molecule has 1 saturated heterocycles. The van der Waals surface area contributed by atoms with Crippen LogP contribution < -0.4 is 26.6 Å². The molecule has 0 radical (unpaired) electrons. The van der Waals surface area contributed by atoms with Gasteiger partial charge >= 0.3 is 6.09 Å². The summed E-state index contributed by atoms with van der Waals surface area (Å²) < 4.78 is 0. The standard InChI is InChI=1S/C19H35N5O5/c1-11(2)15(24-16(25)13-7-5-9-20-13)18(27)23-14(17(26)22-12(3)4)8-6-10-21-19(28)29/h11-15,20-21H,5-10H2,1-4H3,(H,22,26)(H,23,27)(H,24,25)(H,28,29)/t13-,14-,15-/m0/s1. The number of carbonyl (C=O) groups excluding carboxylic acids is 3. The molecule has 0 unspecified atom stereocenters. The monoisotopic (exact) mass is 413 g/mol. The van der Waals surface area contributed by atoms with Crippen molar-refractivity contribution in [3.05, 3.63) is 0 Å². The van der Waals surface area contributed by atoms with E-state index in [0.29, 0.717) is 6.42 Å². The van der Waals surface area contributed by atoms with Crippen molar-refractivity contribution in [3.63, 3.8) is 0 Å². The molecule has 0 aromatic heterocycles. The van der Waals surface area contributed by atoms with E-state index >= 15 is 0 Å². The van der Waals surface area contributed by atoms with Gasteiger partial charge in [-0.1, -0.05) is 13.8 Å². The van der Waals surface area contributed by atoms with Gasteiger partial charge in [0.2, 0.25) is 17.7 Å². The van der Waals surface area contributed by atoms with Gasteiger partial charge in [-0.15, -0.1) is 0 Å². The Morgan fingerprint density at radius 1 is 1.03 bits per heavy atom. The minimum atomic E-state index is -1.14. The Bertz CT molecular complexity index is 575. The quantitative estimate of drug-likeness (QED) is 0.261. The first-order valence-electron chi connectivity index (χ1n) is 10.2. The highest BCUT2D eigenvalue weighted by Crippen LogP contribution is 2.09. The zero-order valence-electron chi connectivity index (χ0n) is 17.7. The fourth-order valence-corrected chi connectivity index (χ4v) is 3.11. The summed E-state index contributed by atoms with van der Waals surface area (Å²) in [6.07, 6.45) is 1.16. The van der Waals surface area contributed by atoms with Crippen LogP contribution in [0.2, 0.25) is 0 Å². The Hall–Kier alpha value is -2.36. The van der Waals surface area contributed by atoms with Gasteiger partial charge in [-0.25, -0.2) is 4.79 Å². The molecule has 1 fully saturated rings. The van der Waals surface area contributed by atoms with Crippen LogP contribution in [-0.4, -0.2) is 66.2 Å². The van der Waals surface area contributed by atoms with E-state index in [9.17, 15) is 19.2 Å². The molecular weight excluding hydrogens is 378 g/mol. The van der Waals surface area contributed by atoms with Crippen LogP contribution in [0.15, 0.2) is 0 Å². The van der Waals surface area contributed by atoms with E-state index in [2.05, 4.69) is 26.6 Å². The molecule has 0 aromatic carbocycles. The number of amides is 4. The molecular formula is C19H35N5O5. The minimum Gasteiger partial charge on any atom is -0.465 e. The molecule has 10 nitrogen and oxygen atoms in total. The van der Waals surface area contributed by atoms with Crippen LogP contribution in [0.5, 0.6) is 0 Å². The minimum absolute atomic E-state index is 0.104. The summed E-state index contributed by atoms with van der Waals surface area (Å²) >= 11 is 0. The average molecular weight is 414 g/mol. The molecule has 1 rings (SSSR count). The van der Waals surface area contributed by atoms with E-state index in [-0.39, 0.29) is 42.8 Å². The molecule has 0 aliphatic carbocycles. The second kappa shape index (κ2) is 12.3. The van der Waals surface area contributed by atoms with Crippen molar-refractivity contribution in [2.75, 3.05) is 13.1 Å². The lowest BCUT2D eigenvalue weighted by Gasteiger charge is -2.26. The predicted octanol–water partition coefficient (Wildman–Crippen LogP) is -0.0636. The van der Waals surface area contributed by atoms with Crippen molar-refractivity contribution in [1.29, 1.82) is 0 Å². The highest BCUT2D eigenvalue weighted by atomic mass is 16.4. The molecule has 0 bridgehead atoms. The number of hydrogen-bond donors (Lipinski definition) is 6. The Kier molecular flexibility index (Phi) is 10.4. The van der Waals surface area contributed by atoms with Crippen LogP contribution in [0, 0.1) is 5.92 Å². The lowest BCUT2D eigenvalue weighted by Crippen LogP contribution is -2.57. The zero-order chi connectivity index (χ0) is 22.0. The maximum Gasteiger partial charge on any atom is 0.404 e. The van der Waals surface area contributed by atoms with Crippen LogP contribution in [0.25, 0.3) is 0 Å². The normalized spacial score (nSPS) is 18.2. The predicted molar refractivity (Wildman–Crippen MR) is 108 cm³/mol. The highest BCUT2D eigenvalue weighted by molar-refractivity contribution is 5.93. The summed E-state index contributed by atoms with van der Waals surface area (Å²) in [5.41, 5.74) is 0. The Morgan fingerprint density at radius 2 is 1.72 bits per heavy atom. The summed E-state index contributed by atoms with van der Waals surface area (Å²) in [7, 11) is 0. The molecule has 29 heavy (non-hydrogen) atoms. The van der Waals surface area contributed by atoms with Crippen molar-refractivity contribution in [1.82, 2.24) is 26.6 Å². The Labute approximate surface area is 171 Å². The van der Waals surface area contributed by atoms with Gasteiger partial charge in [-0.3, -0.25) is 14.4 Å². The molecule has 4 amide bonds. The third-order valence-electron chi connectivity index (χ3n) is 4.63. The maximum atomic E-state index is 12.8. The first-order chi connectivity index (χ1) is 13.6. The van der Waals surface area contributed by atoms with Crippen molar-refractivity contribution < 1.29 is 24.3 Å². The summed E-state index contributed by atoms with van der Waals surface area (Å²) in [6.45, 7) is 8.23. The first kappa shape index (κ1) is 24.7. The SMILES string of the molecule is CC(C)NC(=O)[C@H](CCCNC(=O)O)NC(=O)[C@@H](NC(=O)[C@@H]1CCCN1)C(C)C. The fourth-order valence-electron chi connectivity index (χ4n) is 3.11. The van der Waals surface area contributed by atoms with Gasteiger partial charge in [0.25, 0.3) is 0 Å². The second-order valence-electron chi connectivity index (χ2n) is 7.98. The van der Waals surface area contributed by atoms with Gasteiger partial charge in [-0.05, 0) is 52.0 Å². The lowest BCUT2D eigenvalue weighted by atomic mass is 10.0. The molecule has 1 aliphatic rings. The van der Waals surface area contributed by atoms with E-state index in [0.717, 1.165) is 19.4 Å². The van der Waals surface area contributed by atoms with Gasteiger partial charge in [0.15, 0.2) is 0 Å². The van der Waals surface area contributed by atoms with Crippen molar-refractivity contribution >= 4 is 23.8 Å². The van der Waals surface area contributed by atoms with Gasteiger partial charge in [0, 0.05) is 12.6 Å². The van der Waals surface area contributed by atoms with Gasteiger partial charge < -0.3 is 31.7 Å². The Balaban J connectivity index is 2.74. The first-order valence-corrected chi connectivity index (χ1v) is 10.2. The topological polar surface area (TPSA) is 149 Å². The third kappa shape index (κ3) is 9.12. The van der Waals surface area contributed by atoms with Crippen LogP contribution in [0.4, 0.5) is 4.79 Å². The summed E-state index contributed by atoms with van der Waals surface area (Å²) in [5.74, 6) is -1.15. The summed E-state index contributed by atoms with van der Waals surface area (Å²) in [6, 6.07) is -1.99. The number of nitrogens with one attached hydrogen (secondary N) is 5. The Morgan fingerprint density at radius 3 is 2.24 bits per heavy atom. The van der Waals surface area contributed by atoms with Crippen LogP contribution in [0.3, 0.4) is 0 Å². The molecule has 0 saturated carbocycles. The molecule has 0 spiro atoms. The second-order valence-corrected chi connectivity index (χ2v) is 7.98.